The minimum Gasteiger partial charge on any atom is -0.179 e. The van der Waals surface area contributed by atoms with Gasteiger partial charge in [0.15, 0.2) is 0 Å². The minimum atomic E-state index is -0.218. The quantitative estimate of drug-likeness (QED) is 0.317. The van der Waals surface area contributed by atoms with Crippen LogP contribution in [0.3, 0.4) is 0 Å². The van der Waals surface area contributed by atoms with Crippen LogP contribution < -0.4 is 0 Å². The fourth-order valence-electron chi connectivity index (χ4n) is 0.448. The predicted octanol–water partition coefficient (Wildman–Crippen LogP) is 2.53. The van der Waals surface area contributed by atoms with Crippen molar-refractivity contribution >= 4 is 62.3 Å². The fraction of sp³-hybridized carbons (Fsp3) is 1.00. The highest BCUT2D eigenvalue weighted by Crippen LogP contribution is 2.26. The molecular weight excluding hydrogens is 232 g/mol. The van der Waals surface area contributed by atoms with Crippen LogP contribution in [0.1, 0.15) is 6.42 Å². The molecule has 0 aliphatic carbocycles. The number of rotatable bonds is 6. The number of hydrogen-bond acceptors (Lipinski definition) is 5. The topological polar surface area (TPSA) is 0 Å². The van der Waals surface area contributed by atoms with Gasteiger partial charge in [-0.1, -0.05) is 0 Å². The van der Waals surface area contributed by atoms with Gasteiger partial charge in [-0.3, -0.25) is 0 Å². The van der Waals surface area contributed by atoms with Crippen molar-refractivity contribution in [2.24, 2.45) is 0 Å². The third-order valence-electron chi connectivity index (χ3n) is 1.03. The first-order chi connectivity index (χ1) is 5.12. The van der Waals surface area contributed by atoms with Crippen LogP contribution in [-0.2, 0) is 0 Å². The van der Waals surface area contributed by atoms with Crippen molar-refractivity contribution in [3.63, 3.8) is 0 Å². The first-order valence-corrected chi connectivity index (χ1v) is 6.68. The highest BCUT2D eigenvalue weighted by molar-refractivity contribution is 8.06. The summed E-state index contributed by atoms with van der Waals surface area (Å²) in [6.07, 6.45) is 1.15. The lowest BCUT2D eigenvalue weighted by Crippen LogP contribution is -2.18. The molecule has 0 heterocycles. The van der Waals surface area contributed by atoms with E-state index in [1.165, 1.54) is 0 Å². The zero-order valence-corrected chi connectivity index (χ0v) is 10.6. The smallest absolute Gasteiger partial charge is 0.0729 e. The van der Waals surface area contributed by atoms with Crippen LogP contribution in [-0.4, -0.2) is 27.1 Å². The molecule has 0 nitrogen and oxygen atoms in total. The zero-order chi connectivity index (χ0) is 8.74. The molecule has 0 saturated heterocycles. The van der Waals surface area contributed by atoms with Gasteiger partial charge in [0.1, 0.15) is 0 Å². The molecule has 0 amide bonds. The third-order valence-corrected chi connectivity index (χ3v) is 4.72. The molecule has 0 bridgehead atoms. The molecule has 0 aliphatic heterocycles. The van der Waals surface area contributed by atoms with E-state index >= 15 is 0 Å². The minimum absolute atomic E-state index is 0.218. The van der Waals surface area contributed by atoms with E-state index in [-0.39, 0.29) is 4.08 Å². The van der Waals surface area contributed by atoms with Crippen LogP contribution in [0, 0.1) is 0 Å². The van der Waals surface area contributed by atoms with Crippen LogP contribution in [0.2, 0.25) is 0 Å². The Balaban J connectivity index is 3.23. The van der Waals surface area contributed by atoms with Crippen LogP contribution in [0.5, 0.6) is 0 Å². The van der Waals surface area contributed by atoms with Gasteiger partial charge in [0.25, 0.3) is 0 Å². The zero-order valence-electron chi connectivity index (χ0n) is 6.23. The molecule has 68 valence electrons. The molecule has 0 aromatic heterocycles. The molecule has 0 fully saturated rings. The van der Waals surface area contributed by atoms with E-state index in [0.717, 1.165) is 23.7 Å². The molecular formula is C6H14S5. The van der Waals surface area contributed by atoms with Crippen molar-refractivity contribution in [2.45, 2.75) is 10.5 Å². The summed E-state index contributed by atoms with van der Waals surface area (Å²) in [5.74, 6) is 3.74. The van der Waals surface area contributed by atoms with Gasteiger partial charge in [-0.05, 0) is 17.9 Å². The molecule has 5 heteroatoms. The molecule has 0 unspecified atom stereocenters. The third kappa shape index (κ3) is 8.09. The summed E-state index contributed by atoms with van der Waals surface area (Å²) in [4.78, 5) is 0. The summed E-state index contributed by atoms with van der Waals surface area (Å²) < 4.78 is -0.218. The Bertz CT molecular complexity index is 93.0. The molecule has 0 aromatic carbocycles. The van der Waals surface area contributed by atoms with E-state index in [2.05, 4.69) is 50.5 Å². The second-order valence-corrected chi connectivity index (χ2v) is 6.20. The first-order valence-electron chi connectivity index (χ1n) is 3.36. The van der Waals surface area contributed by atoms with E-state index in [4.69, 9.17) is 0 Å². The maximum Gasteiger partial charge on any atom is 0.0729 e. The number of thiol groups is 4. The Labute approximate surface area is 95.3 Å². The summed E-state index contributed by atoms with van der Waals surface area (Å²) >= 11 is 18.8. The predicted molar refractivity (Wildman–Crippen MR) is 70.4 cm³/mol. The van der Waals surface area contributed by atoms with E-state index in [1.807, 2.05) is 11.8 Å². The molecule has 0 saturated carbocycles. The Morgan fingerprint density at radius 1 is 1.18 bits per heavy atom. The first kappa shape index (κ1) is 12.8. The highest BCUT2D eigenvalue weighted by Gasteiger charge is 2.17. The Morgan fingerprint density at radius 3 is 2.27 bits per heavy atom. The summed E-state index contributed by atoms with van der Waals surface area (Å²) in [6, 6.07) is 0. The van der Waals surface area contributed by atoms with Gasteiger partial charge in [0, 0.05) is 11.5 Å². The van der Waals surface area contributed by atoms with Gasteiger partial charge in [-0.25, -0.2) is 0 Å². The normalized spacial score (nSPS) is 12.0. The van der Waals surface area contributed by atoms with Gasteiger partial charge in [-0.2, -0.15) is 62.3 Å². The van der Waals surface area contributed by atoms with Crippen molar-refractivity contribution in [3.05, 3.63) is 0 Å². The van der Waals surface area contributed by atoms with Gasteiger partial charge in [-0.15, -0.1) is 0 Å². The molecule has 0 atom stereocenters. The fourth-order valence-corrected chi connectivity index (χ4v) is 2.55. The summed E-state index contributed by atoms with van der Waals surface area (Å²) in [7, 11) is 0. The highest BCUT2D eigenvalue weighted by atomic mass is 32.2. The average Bonchev–Trinajstić information content (AvgIpc) is 1.99. The van der Waals surface area contributed by atoms with Crippen LogP contribution in [0.25, 0.3) is 0 Å². The van der Waals surface area contributed by atoms with Crippen LogP contribution in [0.4, 0.5) is 0 Å². The summed E-state index contributed by atoms with van der Waals surface area (Å²) in [5, 5.41) is 0. The lowest BCUT2D eigenvalue weighted by molar-refractivity contribution is 1.07. The van der Waals surface area contributed by atoms with Gasteiger partial charge < -0.3 is 0 Å². The van der Waals surface area contributed by atoms with Crippen LogP contribution in [0.15, 0.2) is 0 Å². The van der Waals surface area contributed by atoms with E-state index in [0.29, 0.717) is 5.75 Å². The average molecular weight is 247 g/mol. The van der Waals surface area contributed by atoms with E-state index < -0.39 is 0 Å². The molecule has 0 aromatic rings. The largest absolute Gasteiger partial charge is 0.179 e. The van der Waals surface area contributed by atoms with E-state index in [9.17, 15) is 0 Å². The summed E-state index contributed by atoms with van der Waals surface area (Å²) in [5.41, 5.74) is 0. The number of thioether (sulfide) groups is 1. The van der Waals surface area contributed by atoms with Crippen molar-refractivity contribution in [2.75, 3.05) is 23.0 Å². The SMILES string of the molecule is SCCCSCC(S)(S)CS. The van der Waals surface area contributed by atoms with Crippen molar-refractivity contribution in [1.82, 2.24) is 0 Å². The maximum atomic E-state index is 4.34. The number of hydrogen-bond donors (Lipinski definition) is 4. The molecule has 11 heavy (non-hydrogen) atoms. The second kappa shape index (κ2) is 7.18. The van der Waals surface area contributed by atoms with Gasteiger partial charge in [0.05, 0.1) is 4.08 Å². The van der Waals surface area contributed by atoms with Crippen LogP contribution >= 0.6 is 62.3 Å². The molecule has 0 aliphatic rings. The lowest BCUT2D eigenvalue weighted by atomic mass is 10.5. The second-order valence-electron chi connectivity index (χ2n) is 2.27. The Morgan fingerprint density at radius 2 is 1.82 bits per heavy atom. The Hall–Kier alpha value is 1.75. The molecule has 0 rings (SSSR count). The van der Waals surface area contributed by atoms with Gasteiger partial charge >= 0.3 is 0 Å². The summed E-state index contributed by atoms with van der Waals surface area (Å²) in [6.45, 7) is 0. The molecule has 0 N–H and O–H groups in total. The standard InChI is InChI=1S/C6H14S5/c7-2-1-3-11-5-6(9,10)4-8/h7-10H,1-5H2. The van der Waals surface area contributed by atoms with Crippen molar-refractivity contribution in [1.29, 1.82) is 0 Å². The lowest BCUT2D eigenvalue weighted by Gasteiger charge is -2.18. The monoisotopic (exact) mass is 246 g/mol. The van der Waals surface area contributed by atoms with E-state index in [1.54, 1.807) is 0 Å². The molecule has 0 radical (unpaired) electrons. The van der Waals surface area contributed by atoms with Gasteiger partial charge in [0.2, 0.25) is 0 Å². The molecule has 0 spiro atoms. The maximum absolute atomic E-state index is 4.34. The van der Waals surface area contributed by atoms with Crippen molar-refractivity contribution in [3.8, 4) is 0 Å². The Kier molecular flexibility index (Phi) is 8.32. The van der Waals surface area contributed by atoms with Crippen molar-refractivity contribution < 1.29 is 0 Å².